The highest BCUT2D eigenvalue weighted by molar-refractivity contribution is 6.34. The van der Waals surface area contributed by atoms with Crippen LogP contribution in [0, 0.1) is 0 Å². The first-order valence-electron chi connectivity index (χ1n) is 4.58. The van der Waals surface area contributed by atoms with Crippen LogP contribution in [-0.2, 0) is 10.3 Å². The van der Waals surface area contributed by atoms with Crippen molar-refractivity contribution < 1.29 is 4.74 Å². The number of benzene rings is 1. The SMILES string of the molecule is C=CC1(c2cc(Cl)cc(Cl)c2)C=CCO1. The van der Waals surface area contributed by atoms with Gasteiger partial charge in [0.2, 0.25) is 0 Å². The molecule has 1 atom stereocenters. The summed E-state index contributed by atoms with van der Waals surface area (Å²) in [5.74, 6) is 0. The number of hydrogen-bond acceptors (Lipinski definition) is 1. The molecule has 0 N–H and O–H groups in total. The maximum absolute atomic E-state index is 5.95. The van der Waals surface area contributed by atoms with Gasteiger partial charge < -0.3 is 4.74 Å². The van der Waals surface area contributed by atoms with E-state index in [4.69, 9.17) is 27.9 Å². The Balaban J connectivity index is 2.51. The number of rotatable bonds is 2. The van der Waals surface area contributed by atoms with Crippen LogP contribution in [0.4, 0.5) is 0 Å². The predicted molar refractivity (Wildman–Crippen MR) is 63.4 cm³/mol. The highest BCUT2D eigenvalue weighted by atomic mass is 35.5. The van der Waals surface area contributed by atoms with Gasteiger partial charge in [0.25, 0.3) is 0 Å². The average Bonchev–Trinajstić information content (AvgIpc) is 2.65. The van der Waals surface area contributed by atoms with Crippen LogP contribution in [0.1, 0.15) is 5.56 Å². The number of hydrogen-bond donors (Lipinski definition) is 0. The van der Waals surface area contributed by atoms with Crippen molar-refractivity contribution in [3.63, 3.8) is 0 Å². The first kappa shape index (κ1) is 10.7. The van der Waals surface area contributed by atoms with Gasteiger partial charge >= 0.3 is 0 Å². The zero-order valence-corrected chi connectivity index (χ0v) is 9.55. The van der Waals surface area contributed by atoms with Crippen molar-refractivity contribution in [2.24, 2.45) is 0 Å². The molecule has 1 aromatic carbocycles. The molecule has 78 valence electrons. The Morgan fingerprint density at radius 1 is 1.27 bits per heavy atom. The normalized spacial score (nSPS) is 24.4. The molecule has 1 aliphatic rings. The maximum Gasteiger partial charge on any atom is 0.130 e. The first-order valence-corrected chi connectivity index (χ1v) is 5.34. The van der Waals surface area contributed by atoms with E-state index in [1.54, 1.807) is 12.1 Å². The number of ether oxygens (including phenoxy) is 1. The Morgan fingerprint density at radius 2 is 1.93 bits per heavy atom. The van der Waals surface area contributed by atoms with Crippen molar-refractivity contribution >= 4 is 23.2 Å². The minimum absolute atomic E-state index is 0.575. The Labute approximate surface area is 99.0 Å². The van der Waals surface area contributed by atoms with E-state index in [9.17, 15) is 0 Å². The van der Waals surface area contributed by atoms with Crippen molar-refractivity contribution in [3.05, 3.63) is 58.6 Å². The molecule has 1 aliphatic heterocycles. The van der Waals surface area contributed by atoms with Gasteiger partial charge in [0.15, 0.2) is 0 Å². The largest absolute Gasteiger partial charge is 0.358 e. The van der Waals surface area contributed by atoms with E-state index in [0.29, 0.717) is 16.7 Å². The van der Waals surface area contributed by atoms with Crippen molar-refractivity contribution in [2.45, 2.75) is 5.60 Å². The molecule has 1 unspecified atom stereocenters. The molecule has 0 aliphatic carbocycles. The summed E-state index contributed by atoms with van der Waals surface area (Å²) in [6.07, 6.45) is 5.66. The molecule has 0 bridgehead atoms. The Morgan fingerprint density at radius 3 is 2.40 bits per heavy atom. The van der Waals surface area contributed by atoms with E-state index in [2.05, 4.69) is 6.58 Å². The third-order valence-corrected chi connectivity index (χ3v) is 2.84. The summed E-state index contributed by atoms with van der Waals surface area (Å²) in [4.78, 5) is 0. The second kappa shape index (κ2) is 4.01. The summed E-state index contributed by atoms with van der Waals surface area (Å²) in [6.45, 7) is 4.37. The van der Waals surface area contributed by atoms with Crippen LogP contribution in [0.5, 0.6) is 0 Å². The van der Waals surface area contributed by atoms with E-state index in [1.165, 1.54) is 0 Å². The van der Waals surface area contributed by atoms with Gasteiger partial charge in [-0.2, -0.15) is 0 Å². The van der Waals surface area contributed by atoms with Crippen molar-refractivity contribution in [3.8, 4) is 0 Å². The molecular formula is C12H10Cl2O. The molecule has 2 rings (SSSR count). The van der Waals surface area contributed by atoms with Gasteiger partial charge in [0, 0.05) is 10.0 Å². The quantitative estimate of drug-likeness (QED) is 0.712. The monoisotopic (exact) mass is 240 g/mol. The van der Waals surface area contributed by atoms with Crippen LogP contribution in [0.2, 0.25) is 10.0 Å². The van der Waals surface area contributed by atoms with Crippen molar-refractivity contribution in [1.29, 1.82) is 0 Å². The van der Waals surface area contributed by atoms with Gasteiger partial charge in [0.05, 0.1) is 6.61 Å². The predicted octanol–water partition coefficient (Wildman–Crippen LogP) is 3.96. The molecular weight excluding hydrogens is 231 g/mol. The van der Waals surface area contributed by atoms with Crippen LogP contribution in [0.15, 0.2) is 43.0 Å². The van der Waals surface area contributed by atoms with Gasteiger partial charge in [-0.05, 0) is 29.8 Å². The summed E-state index contributed by atoms with van der Waals surface area (Å²) >= 11 is 11.9. The fourth-order valence-electron chi connectivity index (χ4n) is 1.66. The van der Waals surface area contributed by atoms with E-state index in [0.717, 1.165) is 5.56 Å². The summed E-state index contributed by atoms with van der Waals surface area (Å²) in [5, 5.41) is 1.20. The fourth-order valence-corrected chi connectivity index (χ4v) is 2.19. The van der Waals surface area contributed by atoms with Crippen LogP contribution >= 0.6 is 23.2 Å². The van der Waals surface area contributed by atoms with Gasteiger partial charge in [-0.1, -0.05) is 41.9 Å². The van der Waals surface area contributed by atoms with Crippen LogP contribution < -0.4 is 0 Å². The fraction of sp³-hybridized carbons (Fsp3) is 0.167. The Hall–Kier alpha value is -0.760. The molecule has 0 saturated carbocycles. The van der Waals surface area contributed by atoms with E-state index < -0.39 is 5.60 Å². The second-order valence-corrected chi connectivity index (χ2v) is 4.24. The third-order valence-electron chi connectivity index (χ3n) is 2.40. The minimum atomic E-state index is -0.575. The first-order chi connectivity index (χ1) is 7.16. The van der Waals surface area contributed by atoms with Crippen molar-refractivity contribution in [2.75, 3.05) is 6.61 Å². The molecule has 0 fully saturated rings. The molecule has 3 heteroatoms. The summed E-state index contributed by atoms with van der Waals surface area (Å²) in [5.41, 5.74) is 0.331. The van der Waals surface area contributed by atoms with E-state index >= 15 is 0 Å². The third kappa shape index (κ3) is 1.96. The van der Waals surface area contributed by atoms with Crippen molar-refractivity contribution in [1.82, 2.24) is 0 Å². The summed E-state index contributed by atoms with van der Waals surface area (Å²) < 4.78 is 5.64. The zero-order chi connectivity index (χ0) is 10.9. The molecule has 15 heavy (non-hydrogen) atoms. The minimum Gasteiger partial charge on any atom is -0.358 e. The lowest BCUT2D eigenvalue weighted by atomic mass is 9.94. The maximum atomic E-state index is 5.95. The molecule has 1 aromatic rings. The van der Waals surface area contributed by atoms with Gasteiger partial charge in [-0.15, -0.1) is 0 Å². The van der Waals surface area contributed by atoms with Gasteiger partial charge in [0.1, 0.15) is 5.60 Å². The second-order valence-electron chi connectivity index (χ2n) is 3.37. The Bertz CT molecular complexity index is 405. The molecule has 1 heterocycles. The van der Waals surface area contributed by atoms with E-state index in [-0.39, 0.29) is 0 Å². The molecule has 1 nitrogen and oxygen atoms in total. The lowest BCUT2D eigenvalue weighted by molar-refractivity contribution is 0.0641. The lowest BCUT2D eigenvalue weighted by Gasteiger charge is -2.23. The van der Waals surface area contributed by atoms with E-state index in [1.807, 2.05) is 24.3 Å². The standard InChI is InChI=1S/C12H10Cl2O/c1-2-12(4-3-5-15-12)9-6-10(13)8-11(14)7-9/h2-4,6-8H,1,5H2. The molecule has 0 saturated heterocycles. The molecule has 0 aromatic heterocycles. The van der Waals surface area contributed by atoms with Crippen LogP contribution in [0.3, 0.4) is 0 Å². The summed E-state index contributed by atoms with van der Waals surface area (Å²) in [7, 11) is 0. The molecule has 0 spiro atoms. The topological polar surface area (TPSA) is 9.23 Å². The lowest BCUT2D eigenvalue weighted by Crippen LogP contribution is -2.20. The number of halogens is 2. The highest BCUT2D eigenvalue weighted by Gasteiger charge is 2.30. The van der Waals surface area contributed by atoms with Crippen LogP contribution in [0.25, 0.3) is 0 Å². The van der Waals surface area contributed by atoms with Gasteiger partial charge in [-0.3, -0.25) is 0 Å². The molecule has 0 amide bonds. The van der Waals surface area contributed by atoms with Crippen LogP contribution in [-0.4, -0.2) is 6.61 Å². The molecule has 0 radical (unpaired) electrons. The zero-order valence-electron chi connectivity index (χ0n) is 8.04. The summed E-state index contributed by atoms with van der Waals surface area (Å²) in [6, 6.07) is 5.37. The Kier molecular flexibility index (Phi) is 2.87. The average molecular weight is 241 g/mol. The smallest absolute Gasteiger partial charge is 0.130 e. The highest BCUT2D eigenvalue weighted by Crippen LogP contribution is 2.35. The van der Waals surface area contributed by atoms with Gasteiger partial charge in [-0.25, -0.2) is 0 Å².